The van der Waals surface area contributed by atoms with Crippen LogP contribution in [-0.4, -0.2) is 87.9 Å². The van der Waals surface area contributed by atoms with Gasteiger partial charge >= 0.3 is 5.97 Å². The monoisotopic (exact) mass is 575 g/mol. The lowest BCUT2D eigenvalue weighted by Gasteiger charge is -2.53. The first-order valence-corrected chi connectivity index (χ1v) is 15.5. The molecule has 2 saturated carbocycles. The van der Waals surface area contributed by atoms with Gasteiger partial charge in [0.2, 0.25) is 5.91 Å². The van der Waals surface area contributed by atoms with Crippen LogP contribution < -0.4 is 10.1 Å². The van der Waals surface area contributed by atoms with Gasteiger partial charge in [-0.05, 0) is 98.5 Å². The van der Waals surface area contributed by atoms with E-state index in [0.29, 0.717) is 29.6 Å². The van der Waals surface area contributed by atoms with Crippen molar-refractivity contribution in [3.63, 3.8) is 0 Å². The summed E-state index contributed by atoms with van der Waals surface area (Å²) in [5.41, 5.74) is 3.76. The number of nitrogens with zero attached hydrogens (tertiary/aromatic N) is 2. The zero-order valence-electron chi connectivity index (χ0n) is 25.4. The molecule has 0 radical (unpaired) electrons. The number of anilines is 1. The molecule has 3 fully saturated rings. The topological polar surface area (TPSA) is 80.3 Å². The quantitative estimate of drug-likeness (QED) is 0.484. The number of piperazine rings is 1. The molecule has 0 spiro atoms. The van der Waals surface area contributed by atoms with Crippen molar-refractivity contribution >= 4 is 17.6 Å². The van der Waals surface area contributed by atoms with Gasteiger partial charge in [0, 0.05) is 50.3 Å². The van der Waals surface area contributed by atoms with Gasteiger partial charge in [-0.15, -0.1) is 0 Å². The molecular weight excluding hydrogens is 530 g/mol. The number of carbonyl (C=O) groups excluding carboxylic acids is 2. The van der Waals surface area contributed by atoms with Gasteiger partial charge in [0.1, 0.15) is 11.9 Å². The summed E-state index contributed by atoms with van der Waals surface area (Å²) in [7, 11) is 5.63. The number of fused-ring (bicyclic) bond motifs is 5. The normalized spacial score (nSPS) is 31.0. The van der Waals surface area contributed by atoms with Crippen molar-refractivity contribution in [2.45, 2.75) is 57.2 Å². The summed E-state index contributed by atoms with van der Waals surface area (Å²) in [5.74, 6) is 1.67. The van der Waals surface area contributed by atoms with Crippen LogP contribution in [0.3, 0.4) is 0 Å². The predicted octanol–water partition coefficient (Wildman–Crippen LogP) is 4.59. The fraction of sp³-hybridized carbons (Fsp3) is 0.588. The van der Waals surface area contributed by atoms with Crippen LogP contribution in [0.4, 0.5) is 5.69 Å². The van der Waals surface area contributed by atoms with Gasteiger partial charge in [-0.3, -0.25) is 9.69 Å². The number of hydrogen-bond donors (Lipinski definition) is 1. The SMILES string of the molecule is COc1ccc2c(c1)CC[C@@H]1[C@@H]2[C@H](OC(=O)c2ccc(NC(=O)CN3CCN(C)CC3)cc2)C[C@]2(C)[C@@H](OC)CC[C@@H]12. The van der Waals surface area contributed by atoms with E-state index in [4.69, 9.17) is 14.2 Å². The van der Waals surface area contributed by atoms with Gasteiger partial charge in [-0.1, -0.05) is 13.0 Å². The molecule has 0 bridgehead atoms. The van der Waals surface area contributed by atoms with Crippen molar-refractivity contribution in [2.24, 2.45) is 17.3 Å². The van der Waals surface area contributed by atoms with Gasteiger partial charge in [-0.2, -0.15) is 0 Å². The molecule has 1 aliphatic heterocycles. The zero-order chi connectivity index (χ0) is 29.4. The number of likely N-dealkylation sites (N-methyl/N-ethyl adjacent to an activating group) is 1. The lowest BCUT2D eigenvalue weighted by Crippen LogP contribution is -2.51. The molecule has 2 aromatic rings. The van der Waals surface area contributed by atoms with E-state index in [9.17, 15) is 9.59 Å². The summed E-state index contributed by atoms with van der Waals surface area (Å²) >= 11 is 0. The highest BCUT2D eigenvalue weighted by Gasteiger charge is 2.59. The van der Waals surface area contributed by atoms with Crippen LogP contribution in [0.2, 0.25) is 0 Å². The summed E-state index contributed by atoms with van der Waals surface area (Å²) < 4.78 is 18.0. The molecule has 0 unspecified atom stereocenters. The van der Waals surface area contributed by atoms with E-state index in [1.165, 1.54) is 11.1 Å². The number of esters is 1. The van der Waals surface area contributed by atoms with Gasteiger partial charge in [0.05, 0.1) is 25.3 Å². The minimum atomic E-state index is -0.316. The molecule has 42 heavy (non-hydrogen) atoms. The summed E-state index contributed by atoms with van der Waals surface area (Å²) in [6, 6.07) is 13.5. The molecule has 1 saturated heterocycles. The summed E-state index contributed by atoms with van der Waals surface area (Å²) in [6.45, 7) is 6.44. The summed E-state index contributed by atoms with van der Waals surface area (Å²) in [5, 5.41) is 2.98. The molecule has 8 nitrogen and oxygen atoms in total. The van der Waals surface area contributed by atoms with E-state index in [0.717, 1.165) is 64.0 Å². The number of rotatable bonds is 7. The van der Waals surface area contributed by atoms with Gasteiger partial charge in [0.15, 0.2) is 0 Å². The van der Waals surface area contributed by atoms with Crippen LogP contribution in [0.5, 0.6) is 5.75 Å². The van der Waals surface area contributed by atoms with E-state index in [1.54, 1.807) is 31.4 Å². The first kappa shape index (κ1) is 29.1. The first-order chi connectivity index (χ1) is 20.3. The molecule has 1 amide bonds. The van der Waals surface area contributed by atoms with Crippen molar-refractivity contribution in [2.75, 3.05) is 59.3 Å². The molecule has 2 aromatic carbocycles. The molecular formula is C34H45N3O5. The third kappa shape index (κ3) is 5.56. The standard InChI is InChI=1S/C34H45N3O5/c1-34-20-29(32-26-12-10-25(40-3)19-23(26)7-11-27(32)28(34)13-14-30(34)41-4)42-33(39)22-5-8-24(9-6-22)35-31(38)21-37-17-15-36(2)16-18-37/h5-6,8-10,12,19,27-30,32H,7,11,13-18,20-21H2,1-4H3,(H,35,38)/t27-,28-,29+,30-,32+,34-/m0/s1. The Morgan fingerprint density at radius 3 is 2.48 bits per heavy atom. The second-order valence-electron chi connectivity index (χ2n) is 13.1. The molecule has 0 aromatic heterocycles. The number of aryl methyl sites for hydroxylation is 1. The number of ether oxygens (including phenoxy) is 3. The average Bonchev–Trinajstić information content (AvgIpc) is 3.33. The highest BCUT2D eigenvalue weighted by molar-refractivity contribution is 5.94. The van der Waals surface area contributed by atoms with Crippen molar-refractivity contribution in [1.29, 1.82) is 0 Å². The van der Waals surface area contributed by atoms with Crippen molar-refractivity contribution < 1.29 is 23.8 Å². The van der Waals surface area contributed by atoms with E-state index in [2.05, 4.69) is 41.2 Å². The molecule has 3 aliphatic carbocycles. The van der Waals surface area contributed by atoms with Crippen molar-refractivity contribution in [1.82, 2.24) is 9.80 Å². The van der Waals surface area contributed by atoms with Crippen molar-refractivity contribution in [3.8, 4) is 5.75 Å². The van der Waals surface area contributed by atoms with Gasteiger partial charge in [-0.25, -0.2) is 4.79 Å². The molecule has 8 heteroatoms. The Morgan fingerprint density at radius 1 is 1.00 bits per heavy atom. The lowest BCUT2D eigenvalue weighted by atomic mass is 9.54. The van der Waals surface area contributed by atoms with Crippen LogP contribution >= 0.6 is 0 Å². The van der Waals surface area contributed by atoms with Crippen LogP contribution in [0.1, 0.15) is 60.0 Å². The highest BCUT2D eigenvalue weighted by Crippen LogP contribution is 2.62. The van der Waals surface area contributed by atoms with Gasteiger partial charge in [0.25, 0.3) is 0 Å². The maximum Gasteiger partial charge on any atom is 0.338 e. The van der Waals surface area contributed by atoms with Crippen LogP contribution in [-0.2, 0) is 20.7 Å². The largest absolute Gasteiger partial charge is 0.497 e. The third-order valence-electron chi connectivity index (χ3n) is 10.7. The smallest absolute Gasteiger partial charge is 0.338 e. The third-order valence-corrected chi connectivity index (χ3v) is 10.7. The first-order valence-electron chi connectivity index (χ1n) is 15.5. The fourth-order valence-corrected chi connectivity index (χ4v) is 8.49. The number of hydrogen-bond acceptors (Lipinski definition) is 7. The fourth-order valence-electron chi connectivity index (χ4n) is 8.49. The number of methoxy groups -OCH3 is 2. The van der Waals surface area contributed by atoms with Crippen molar-refractivity contribution in [3.05, 3.63) is 59.2 Å². The average molecular weight is 576 g/mol. The molecule has 1 N–H and O–H groups in total. The zero-order valence-corrected chi connectivity index (χ0v) is 25.4. The summed E-state index contributed by atoms with van der Waals surface area (Å²) in [4.78, 5) is 30.7. The maximum absolute atomic E-state index is 13.6. The Balaban J connectivity index is 1.18. The van der Waals surface area contributed by atoms with Crippen LogP contribution in [0, 0.1) is 17.3 Å². The predicted molar refractivity (Wildman–Crippen MR) is 162 cm³/mol. The number of carbonyl (C=O) groups is 2. The molecule has 4 aliphatic rings. The Kier molecular flexibility index (Phi) is 8.31. The summed E-state index contributed by atoms with van der Waals surface area (Å²) in [6.07, 6.45) is 5.03. The number of amides is 1. The second kappa shape index (κ2) is 12.0. The van der Waals surface area contributed by atoms with E-state index in [1.807, 2.05) is 13.2 Å². The Bertz CT molecular complexity index is 1290. The molecule has 6 atom stereocenters. The minimum Gasteiger partial charge on any atom is -0.497 e. The Hall–Kier alpha value is -2.94. The minimum absolute atomic E-state index is 0.0251. The van der Waals surface area contributed by atoms with Gasteiger partial charge < -0.3 is 24.4 Å². The Morgan fingerprint density at radius 2 is 1.76 bits per heavy atom. The molecule has 226 valence electrons. The second-order valence-corrected chi connectivity index (χ2v) is 13.1. The van der Waals surface area contributed by atoms with Crippen LogP contribution in [0.15, 0.2) is 42.5 Å². The van der Waals surface area contributed by atoms with E-state index >= 15 is 0 Å². The number of benzene rings is 2. The number of nitrogens with one attached hydrogen (secondary N) is 1. The molecule has 6 rings (SSSR count). The van der Waals surface area contributed by atoms with E-state index in [-0.39, 0.29) is 35.4 Å². The molecule has 1 heterocycles. The van der Waals surface area contributed by atoms with Crippen LogP contribution in [0.25, 0.3) is 0 Å². The highest BCUT2D eigenvalue weighted by atomic mass is 16.5. The lowest BCUT2D eigenvalue weighted by molar-refractivity contribution is -0.117. The Labute approximate surface area is 249 Å². The van der Waals surface area contributed by atoms with E-state index < -0.39 is 0 Å². The maximum atomic E-state index is 13.6.